The maximum absolute atomic E-state index is 12.0. The molecule has 0 aromatic carbocycles. The molecule has 1 saturated heterocycles. The number of aliphatic carboxylic acids is 1. The Hall–Kier alpha value is -1.41. The first-order valence-electron chi connectivity index (χ1n) is 5.92. The molecule has 1 N–H and O–H groups in total. The van der Waals surface area contributed by atoms with Gasteiger partial charge in [-0.05, 0) is 12.8 Å². The number of carboxylic acids is 1. The Kier molecular flexibility index (Phi) is 3.64. The third-order valence-corrected chi connectivity index (χ3v) is 5.12. The van der Waals surface area contributed by atoms with E-state index in [2.05, 4.69) is 5.16 Å². The van der Waals surface area contributed by atoms with E-state index >= 15 is 0 Å². The van der Waals surface area contributed by atoms with Gasteiger partial charge in [-0.1, -0.05) is 12.1 Å². The van der Waals surface area contributed by atoms with E-state index in [0.29, 0.717) is 11.5 Å². The van der Waals surface area contributed by atoms with E-state index in [1.165, 1.54) is 4.31 Å². The van der Waals surface area contributed by atoms with Crippen LogP contribution in [0.4, 0.5) is 0 Å². The Morgan fingerprint density at radius 2 is 2.26 bits per heavy atom. The molecule has 0 bridgehead atoms. The molecule has 1 aromatic heterocycles. The summed E-state index contributed by atoms with van der Waals surface area (Å²) in [5.74, 6) is -1.19. The van der Waals surface area contributed by atoms with Crippen molar-refractivity contribution in [1.82, 2.24) is 9.46 Å². The molecule has 0 amide bonds. The second kappa shape index (κ2) is 4.93. The molecule has 0 aliphatic carbocycles. The summed E-state index contributed by atoms with van der Waals surface area (Å²) in [7, 11) is -3.44. The maximum atomic E-state index is 12.0. The number of carboxylic acid groups (broad SMARTS) is 1. The topological polar surface area (TPSA) is 101 Å². The highest BCUT2D eigenvalue weighted by Crippen LogP contribution is 2.27. The van der Waals surface area contributed by atoms with Crippen molar-refractivity contribution in [3.8, 4) is 0 Å². The van der Waals surface area contributed by atoms with Crippen molar-refractivity contribution in [2.24, 2.45) is 11.8 Å². The average Bonchev–Trinajstić information content (AvgIpc) is 2.59. The summed E-state index contributed by atoms with van der Waals surface area (Å²) in [6.07, 6.45) is 0. The largest absolute Gasteiger partial charge is 0.481 e. The van der Waals surface area contributed by atoms with Gasteiger partial charge in [0, 0.05) is 19.2 Å². The lowest BCUT2D eigenvalue weighted by atomic mass is 9.89. The van der Waals surface area contributed by atoms with Gasteiger partial charge in [-0.3, -0.25) is 4.79 Å². The molecule has 106 valence electrons. The zero-order chi connectivity index (χ0) is 14.2. The standard InChI is InChI=1S/C11H16N2O5S/c1-7-3-10(12-18-7)6-19(16,17)13-4-9(5-13)8(2)11(14)15/h3,8-9H,4-6H2,1-2H3,(H,14,15). The number of hydrogen-bond acceptors (Lipinski definition) is 5. The van der Waals surface area contributed by atoms with Gasteiger partial charge in [-0.2, -0.15) is 0 Å². The molecule has 1 fully saturated rings. The quantitative estimate of drug-likeness (QED) is 0.845. The van der Waals surface area contributed by atoms with Crippen LogP contribution in [0.25, 0.3) is 0 Å². The fourth-order valence-corrected chi connectivity index (χ4v) is 3.51. The van der Waals surface area contributed by atoms with Crippen molar-refractivity contribution in [3.63, 3.8) is 0 Å². The molecule has 19 heavy (non-hydrogen) atoms. The fourth-order valence-electron chi connectivity index (χ4n) is 1.98. The fraction of sp³-hybridized carbons (Fsp3) is 0.636. The highest BCUT2D eigenvalue weighted by Gasteiger charge is 2.40. The SMILES string of the molecule is Cc1cc(CS(=O)(=O)N2CC(C(C)C(=O)O)C2)no1. The van der Waals surface area contributed by atoms with Crippen LogP contribution < -0.4 is 0 Å². The van der Waals surface area contributed by atoms with E-state index in [1.54, 1.807) is 19.9 Å². The number of hydrogen-bond donors (Lipinski definition) is 1. The molecule has 0 radical (unpaired) electrons. The van der Waals surface area contributed by atoms with Crippen LogP contribution in [0.15, 0.2) is 10.6 Å². The second-order valence-electron chi connectivity index (χ2n) is 4.89. The first-order chi connectivity index (χ1) is 8.79. The number of aromatic nitrogens is 1. The Bertz CT molecular complexity index is 574. The Morgan fingerprint density at radius 3 is 2.74 bits per heavy atom. The van der Waals surface area contributed by atoms with Crippen LogP contribution in [0, 0.1) is 18.8 Å². The van der Waals surface area contributed by atoms with Crippen molar-refractivity contribution in [2.75, 3.05) is 13.1 Å². The zero-order valence-electron chi connectivity index (χ0n) is 10.7. The second-order valence-corrected chi connectivity index (χ2v) is 6.86. The number of carbonyl (C=O) groups is 1. The minimum Gasteiger partial charge on any atom is -0.481 e. The van der Waals surface area contributed by atoms with Crippen molar-refractivity contribution in [1.29, 1.82) is 0 Å². The van der Waals surface area contributed by atoms with Gasteiger partial charge in [0.05, 0.1) is 5.92 Å². The van der Waals surface area contributed by atoms with Crippen LogP contribution >= 0.6 is 0 Å². The summed E-state index contributed by atoms with van der Waals surface area (Å²) in [4.78, 5) is 10.8. The minimum atomic E-state index is -3.44. The molecule has 7 nitrogen and oxygen atoms in total. The summed E-state index contributed by atoms with van der Waals surface area (Å²) >= 11 is 0. The molecule has 1 aliphatic heterocycles. The third-order valence-electron chi connectivity index (χ3n) is 3.37. The van der Waals surface area contributed by atoms with Crippen molar-refractivity contribution in [3.05, 3.63) is 17.5 Å². The first kappa shape index (κ1) is 14.0. The monoisotopic (exact) mass is 288 g/mol. The lowest BCUT2D eigenvalue weighted by molar-refractivity contribution is -0.144. The smallest absolute Gasteiger partial charge is 0.306 e. The number of nitrogens with zero attached hydrogens (tertiary/aromatic N) is 2. The summed E-state index contributed by atoms with van der Waals surface area (Å²) in [5, 5.41) is 12.5. The molecule has 1 aromatic rings. The summed E-state index contributed by atoms with van der Waals surface area (Å²) < 4.78 is 30.2. The number of aryl methyl sites for hydroxylation is 1. The van der Waals surface area contributed by atoms with Gasteiger partial charge in [0.1, 0.15) is 17.2 Å². The van der Waals surface area contributed by atoms with Gasteiger partial charge in [-0.25, -0.2) is 12.7 Å². The highest BCUT2D eigenvalue weighted by molar-refractivity contribution is 7.88. The zero-order valence-corrected chi connectivity index (χ0v) is 11.6. The van der Waals surface area contributed by atoms with Crippen LogP contribution in [0.1, 0.15) is 18.4 Å². The lowest BCUT2D eigenvalue weighted by Crippen LogP contribution is -2.53. The van der Waals surface area contributed by atoms with Crippen molar-refractivity contribution >= 4 is 16.0 Å². The lowest BCUT2D eigenvalue weighted by Gasteiger charge is -2.39. The Labute approximate surface area is 111 Å². The predicted octanol–water partition coefficient (Wildman–Crippen LogP) is 0.465. The van der Waals surface area contributed by atoms with E-state index < -0.39 is 21.9 Å². The van der Waals surface area contributed by atoms with Gasteiger partial charge in [0.2, 0.25) is 10.0 Å². The van der Waals surface area contributed by atoms with Crippen LogP contribution in [0.5, 0.6) is 0 Å². The minimum absolute atomic E-state index is 0.119. The Balaban J connectivity index is 1.95. The van der Waals surface area contributed by atoms with Crippen LogP contribution in [-0.2, 0) is 20.6 Å². The molecule has 2 heterocycles. The first-order valence-corrected chi connectivity index (χ1v) is 7.53. The van der Waals surface area contributed by atoms with E-state index in [4.69, 9.17) is 9.63 Å². The van der Waals surface area contributed by atoms with E-state index in [-0.39, 0.29) is 24.8 Å². The third kappa shape index (κ3) is 2.95. The van der Waals surface area contributed by atoms with Crippen LogP contribution in [0.3, 0.4) is 0 Å². The normalized spacial score (nSPS) is 19.1. The van der Waals surface area contributed by atoms with E-state index in [0.717, 1.165) is 0 Å². The van der Waals surface area contributed by atoms with Crippen LogP contribution in [0.2, 0.25) is 0 Å². The van der Waals surface area contributed by atoms with Crippen molar-refractivity contribution < 1.29 is 22.8 Å². The molecule has 0 spiro atoms. The predicted molar refractivity (Wildman–Crippen MR) is 65.7 cm³/mol. The van der Waals surface area contributed by atoms with Gasteiger partial charge < -0.3 is 9.63 Å². The van der Waals surface area contributed by atoms with Gasteiger partial charge in [0.15, 0.2) is 0 Å². The maximum Gasteiger partial charge on any atom is 0.306 e. The molecule has 1 aliphatic rings. The van der Waals surface area contributed by atoms with E-state index in [1.807, 2.05) is 0 Å². The van der Waals surface area contributed by atoms with Crippen LogP contribution in [-0.4, -0.2) is 42.0 Å². The molecule has 2 rings (SSSR count). The summed E-state index contributed by atoms with van der Waals surface area (Å²) in [6, 6.07) is 1.58. The molecular weight excluding hydrogens is 272 g/mol. The molecule has 0 saturated carbocycles. The molecule has 8 heteroatoms. The number of sulfonamides is 1. The highest BCUT2D eigenvalue weighted by atomic mass is 32.2. The summed E-state index contributed by atoms with van der Waals surface area (Å²) in [5.41, 5.74) is 0.368. The number of rotatable bonds is 5. The van der Waals surface area contributed by atoms with Crippen molar-refractivity contribution in [2.45, 2.75) is 19.6 Å². The van der Waals surface area contributed by atoms with Gasteiger partial charge >= 0.3 is 5.97 Å². The molecular formula is C11H16N2O5S. The molecule has 1 unspecified atom stereocenters. The summed E-state index contributed by atoms with van der Waals surface area (Å²) in [6.45, 7) is 3.80. The average molecular weight is 288 g/mol. The molecule has 1 atom stereocenters. The van der Waals surface area contributed by atoms with Gasteiger partial charge in [0.25, 0.3) is 0 Å². The Morgan fingerprint density at radius 1 is 1.63 bits per heavy atom. The van der Waals surface area contributed by atoms with E-state index in [9.17, 15) is 13.2 Å². The van der Waals surface area contributed by atoms with Gasteiger partial charge in [-0.15, -0.1) is 0 Å².